The SMILES string of the molecule is CC(C)(C)[C@@H]1NC(=O)CC[C@H]1NC(=O)c1ccc(-c2ccn[nH]2)s1. The van der Waals surface area contributed by atoms with Gasteiger partial charge in [-0.05, 0) is 30.0 Å². The van der Waals surface area contributed by atoms with Crippen LogP contribution in [0.2, 0.25) is 0 Å². The van der Waals surface area contributed by atoms with E-state index in [0.29, 0.717) is 17.7 Å². The number of amides is 2. The summed E-state index contributed by atoms with van der Waals surface area (Å²) in [4.78, 5) is 26.0. The Hall–Kier alpha value is -2.15. The lowest BCUT2D eigenvalue weighted by Gasteiger charge is -2.40. The van der Waals surface area contributed by atoms with Gasteiger partial charge in [-0.25, -0.2) is 0 Å². The van der Waals surface area contributed by atoms with Crippen LogP contribution in [0.4, 0.5) is 0 Å². The molecule has 1 fully saturated rings. The first-order valence-corrected chi connectivity index (χ1v) is 8.86. The number of nitrogens with one attached hydrogen (secondary N) is 3. The number of rotatable bonds is 3. The first-order chi connectivity index (χ1) is 11.3. The van der Waals surface area contributed by atoms with Gasteiger partial charge in [-0.3, -0.25) is 14.7 Å². The minimum absolute atomic E-state index is 0.0538. The third-order valence-corrected chi connectivity index (χ3v) is 5.36. The fraction of sp³-hybridized carbons (Fsp3) is 0.471. The Kier molecular flexibility index (Phi) is 4.45. The van der Waals surface area contributed by atoms with Crippen molar-refractivity contribution >= 4 is 23.2 Å². The number of hydrogen-bond acceptors (Lipinski definition) is 4. The molecular formula is C17H22N4O2S. The third-order valence-electron chi connectivity index (χ3n) is 4.25. The van der Waals surface area contributed by atoms with E-state index in [-0.39, 0.29) is 29.3 Å². The van der Waals surface area contributed by atoms with Crippen LogP contribution in [0.25, 0.3) is 10.6 Å². The highest BCUT2D eigenvalue weighted by Gasteiger charge is 2.37. The summed E-state index contributed by atoms with van der Waals surface area (Å²) in [5.41, 5.74) is 0.779. The molecule has 0 bridgehead atoms. The van der Waals surface area contributed by atoms with Crippen molar-refractivity contribution in [2.45, 2.75) is 45.7 Å². The minimum atomic E-state index is -0.120. The van der Waals surface area contributed by atoms with Crippen LogP contribution in [0, 0.1) is 5.41 Å². The largest absolute Gasteiger partial charge is 0.351 e. The van der Waals surface area contributed by atoms with Crippen LogP contribution in [0.15, 0.2) is 24.4 Å². The van der Waals surface area contributed by atoms with E-state index < -0.39 is 0 Å². The second-order valence-corrected chi connectivity index (χ2v) is 8.25. The molecule has 2 aromatic rings. The van der Waals surface area contributed by atoms with Crippen LogP contribution in [0.5, 0.6) is 0 Å². The molecule has 1 aliphatic rings. The van der Waals surface area contributed by atoms with E-state index in [4.69, 9.17) is 0 Å². The van der Waals surface area contributed by atoms with E-state index in [0.717, 1.165) is 10.6 Å². The zero-order valence-electron chi connectivity index (χ0n) is 14.1. The minimum Gasteiger partial charge on any atom is -0.351 e. The van der Waals surface area contributed by atoms with Crippen LogP contribution < -0.4 is 10.6 Å². The Morgan fingerprint density at radius 2 is 2.12 bits per heavy atom. The standard InChI is InChI=1S/C17H22N4O2S/c1-17(2,3)15-11(4-7-14(22)20-15)19-16(23)13-6-5-12(24-13)10-8-9-18-21-10/h5-6,8-9,11,15H,4,7H2,1-3H3,(H,18,21)(H,19,23)(H,20,22)/t11-,15-/m1/s1. The van der Waals surface area contributed by atoms with Crippen molar-refractivity contribution in [2.75, 3.05) is 0 Å². The monoisotopic (exact) mass is 346 g/mol. The first kappa shape index (κ1) is 16.7. The van der Waals surface area contributed by atoms with Gasteiger partial charge in [-0.15, -0.1) is 11.3 Å². The Bertz CT molecular complexity index is 730. The van der Waals surface area contributed by atoms with E-state index in [1.54, 1.807) is 6.20 Å². The summed E-state index contributed by atoms with van der Waals surface area (Å²) < 4.78 is 0. The number of piperidine rings is 1. The topological polar surface area (TPSA) is 86.9 Å². The third kappa shape index (κ3) is 3.51. The summed E-state index contributed by atoms with van der Waals surface area (Å²) in [6.45, 7) is 6.22. The average molecular weight is 346 g/mol. The Morgan fingerprint density at radius 1 is 1.33 bits per heavy atom. The van der Waals surface area contributed by atoms with Gasteiger partial charge < -0.3 is 10.6 Å². The van der Waals surface area contributed by atoms with Crippen LogP contribution in [-0.4, -0.2) is 34.1 Å². The summed E-state index contributed by atoms with van der Waals surface area (Å²) in [6.07, 6.45) is 2.80. The van der Waals surface area contributed by atoms with Gasteiger partial charge in [-0.1, -0.05) is 20.8 Å². The van der Waals surface area contributed by atoms with E-state index in [2.05, 4.69) is 41.6 Å². The molecule has 7 heteroatoms. The quantitative estimate of drug-likeness (QED) is 0.798. The van der Waals surface area contributed by atoms with E-state index in [1.165, 1.54) is 11.3 Å². The van der Waals surface area contributed by atoms with Crippen LogP contribution in [0.1, 0.15) is 43.3 Å². The summed E-state index contributed by atoms with van der Waals surface area (Å²) in [6, 6.07) is 5.48. The van der Waals surface area contributed by atoms with Crippen molar-refractivity contribution < 1.29 is 9.59 Å². The molecule has 3 N–H and O–H groups in total. The predicted octanol–water partition coefficient (Wildman–Crippen LogP) is 2.56. The molecular weight excluding hydrogens is 324 g/mol. The molecule has 3 rings (SSSR count). The smallest absolute Gasteiger partial charge is 0.261 e. The molecule has 0 aromatic carbocycles. The molecule has 2 atom stereocenters. The number of nitrogens with zero attached hydrogens (tertiary/aromatic N) is 1. The van der Waals surface area contributed by atoms with Gasteiger partial charge in [0.1, 0.15) is 0 Å². The normalized spacial score (nSPS) is 21.4. The lowest BCUT2D eigenvalue weighted by molar-refractivity contribution is -0.125. The van der Waals surface area contributed by atoms with E-state index in [1.807, 2.05) is 18.2 Å². The number of H-pyrrole nitrogens is 1. The van der Waals surface area contributed by atoms with Gasteiger partial charge in [0, 0.05) is 12.6 Å². The summed E-state index contributed by atoms with van der Waals surface area (Å²) >= 11 is 1.43. The molecule has 0 unspecified atom stereocenters. The van der Waals surface area contributed by atoms with Crippen LogP contribution in [0.3, 0.4) is 0 Å². The molecule has 24 heavy (non-hydrogen) atoms. The maximum Gasteiger partial charge on any atom is 0.261 e. The number of thiophene rings is 1. The summed E-state index contributed by atoms with van der Waals surface area (Å²) in [7, 11) is 0. The molecule has 0 spiro atoms. The van der Waals surface area contributed by atoms with Crippen LogP contribution >= 0.6 is 11.3 Å². The second-order valence-electron chi connectivity index (χ2n) is 7.16. The first-order valence-electron chi connectivity index (χ1n) is 8.04. The number of carbonyl (C=O) groups excluding carboxylic acids is 2. The van der Waals surface area contributed by atoms with Gasteiger partial charge in [-0.2, -0.15) is 5.10 Å². The lowest BCUT2D eigenvalue weighted by atomic mass is 9.78. The highest BCUT2D eigenvalue weighted by Crippen LogP contribution is 2.29. The number of aromatic amines is 1. The summed E-state index contributed by atoms with van der Waals surface area (Å²) in [5.74, 6) is -0.0424. The Labute approximate surface area is 145 Å². The molecule has 1 aliphatic heterocycles. The van der Waals surface area contributed by atoms with Crippen LogP contribution in [-0.2, 0) is 4.79 Å². The molecule has 0 aliphatic carbocycles. The van der Waals surface area contributed by atoms with E-state index >= 15 is 0 Å². The van der Waals surface area contributed by atoms with Crippen molar-refractivity contribution in [1.29, 1.82) is 0 Å². The summed E-state index contributed by atoms with van der Waals surface area (Å²) in [5, 5.41) is 13.0. The second kappa shape index (κ2) is 6.39. The maximum absolute atomic E-state index is 12.6. The average Bonchev–Trinajstić information content (AvgIpc) is 3.18. The zero-order chi connectivity index (χ0) is 17.3. The highest BCUT2D eigenvalue weighted by molar-refractivity contribution is 7.17. The van der Waals surface area contributed by atoms with Crippen molar-refractivity contribution in [1.82, 2.24) is 20.8 Å². The highest BCUT2D eigenvalue weighted by atomic mass is 32.1. The van der Waals surface area contributed by atoms with Crippen molar-refractivity contribution in [2.24, 2.45) is 5.41 Å². The van der Waals surface area contributed by atoms with Crippen molar-refractivity contribution in [3.8, 4) is 10.6 Å². The van der Waals surface area contributed by atoms with E-state index in [9.17, 15) is 9.59 Å². The maximum atomic E-state index is 12.6. The molecule has 0 saturated carbocycles. The fourth-order valence-electron chi connectivity index (χ4n) is 3.01. The van der Waals surface area contributed by atoms with Gasteiger partial charge in [0.15, 0.2) is 0 Å². The fourth-order valence-corrected chi connectivity index (χ4v) is 3.90. The number of carbonyl (C=O) groups is 2. The molecule has 128 valence electrons. The molecule has 2 aromatic heterocycles. The Morgan fingerprint density at radius 3 is 2.79 bits per heavy atom. The Balaban J connectivity index is 1.72. The lowest BCUT2D eigenvalue weighted by Crippen LogP contribution is -2.60. The van der Waals surface area contributed by atoms with Gasteiger partial charge in [0.2, 0.25) is 5.91 Å². The molecule has 2 amide bonds. The predicted molar refractivity (Wildman–Crippen MR) is 93.8 cm³/mol. The van der Waals surface area contributed by atoms with Gasteiger partial charge >= 0.3 is 0 Å². The van der Waals surface area contributed by atoms with Crippen molar-refractivity contribution in [3.05, 3.63) is 29.3 Å². The van der Waals surface area contributed by atoms with Gasteiger partial charge in [0.25, 0.3) is 5.91 Å². The van der Waals surface area contributed by atoms with Gasteiger partial charge in [0.05, 0.1) is 27.5 Å². The molecule has 0 radical (unpaired) electrons. The van der Waals surface area contributed by atoms with Crippen molar-refractivity contribution in [3.63, 3.8) is 0 Å². The molecule has 6 nitrogen and oxygen atoms in total. The number of hydrogen-bond donors (Lipinski definition) is 3. The molecule has 3 heterocycles. The molecule has 1 saturated heterocycles. The zero-order valence-corrected chi connectivity index (χ0v) is 14.9. The number of aromatic nitrogens is 2.